The number of nitrogens with one attached hydrogen (secondary N) is 1. The van der Waals surface area contributed by atoms with Crippen LogP contribution in [0.25, 0.3) is 0 Å². The molecule has 0 aromatic rings. The summed E-state index contributed by atoms with van der Waals surface area (Å²) in [6.07, 6.45) is 7.35. The predicted octanol–water partition coefficient (Wildman–Crippen LogP) is 3.09. The molecule has 0 aliphatic heterocycles. The number of rotatable bonds is 5. The molecule has 1 N–H and O–H groups in total. The second kappa shape index (κ2) is 6.85. The van der Waals surface area contributed by atoms with Crippen LogP contribution in [0.4, 0.5) is 0 Å². The van der Waals surface area contributed by atoms with Crippen molar-refractivity contribution in [3.05, 3.63) is 0 Å². The van der Waals surface area contributed by atoms with E-state index >= 15 is 0 Å². The lowest BCUT2D eigenvalue weighted by atomic mass is 9.85. The van der Waals surface area contributed by atoms with Crippen LogP contribution in [-0.4, -0.2) is 12.6 Å². The Balaban J connectivity index is 2.16. The molecule has 86 valence electrons. The summed E-state index contributed by atoms with van der Waals surface area (Å²) >= 11 is 0. The summed E-state index contributed by atoms with van der Waals surface area (Å²) in [7, 11) is 0. The van der Waals surface area contributed by atoms with Crippen molar-refractivity contribution in [2.75, 3.05) is 6.54 Å². The molecule has 2 heteroatoms. The van der Waals surface area contributed by atoms with Crippen LogP contribution in [0.5, 0.6) is 0 Å². The van der Waals surface area contributed by atoms with E-state index in [1.165, 1.54) is 32.1 Å². The number of hydrogen-bond donors (Lipinski definition) is 1. The summed E-state index contributed by atoms with van der Waals surface area (Å²) in [4.78, 5) is 0. The Labute approximate surface area is 94.1 Å². The van der Waals surface area contributed by atoms with Crippen LogP contribution in [0.2, 0.25) is 0 Å². The van der Waals surface area contributed by atoms with Gasteiger partial charge in [0.05, 0.1) is 12.0 Å². The van der Waals surface area contributed by atoms with Crippen LogP contribution in [0.3, 0.4) is 0 Å². The van der Waals surface area contributed by atoms with Gasteiger partial charge >= 0.3 is 0 Å². The minimum absolute atomic E-state index is 0.262. The van der Waals surface area contributed by atoms with E-state index in [0.29, 0.717) is 6.04 Å². The zero-order valence-electron chi connectivity index (χ0n) is 10.1. The second-order valence-corrected chi connectivity index (χ2v) is 5.12. The molecule has 0 aromatic carbocycles. The van der Waals surface area contributed by atoms with Crippen molar-refractivity contribution >= 4 is 0 Å². The number of hydrogen-bond acceptors (Lipinski definition) is 2. The van der Waals surface area contributed by atoms with Crippen molar-refractivity contribution in [2.45, 2.75) is 58.4 Å². The van der Waals surface area contributed by atoms with Gasteiger partial charge < -0.3 is 5.32 Å². The van der Waals surface area contributed by atoms with Crippen LogP contribution in [0.1, 0.15) is 52.4 Å². The smallest absolute Gasteiger partial charge is 0.0672 e. The Morgan fingerprint density at radius 2 is 2.07 bits per heavy atom. The summed E-state index contributed by atoms with van der Waals surface area (Å²) < 4.78 is 0. The lowest BCUT2D eigenvalue weighted by molar-refractivity contribution is 0.309. The average molecular weight is 208 g/mol. The fourth-order valence-corrected chi connectivity index (χ4v) is 2.33. The van der Waals surface area contributed by atoms with E-state index in [0.717, 1.165) is 18.9 Å². The van der Waals surface area contributed by atoms with Gasteiger partial charge in [0.15, 0.2) is 0 Å². The van der Waals surface area contributed by atoms with Crippen molar-refractivity contribution in [3.8, 4) is 6.07 Å². The van der Waals surface area contributed by atoms with Gasteiger partial charge in [0.1, 0.15) is 0 Å². The molecule has 0 aromatic heterocycles. The normalized spacial score (nSPS) is 26.5. The van der Waals surface area contributed by atoms with Crippen LogP contribution >= 0.6 is 0 Å². The van der Waals surface area contributed by atoms with E-state index in [-0.39, 0.29) is 5.92 Å². The maximum atomic E-state index is 9.02. The Morgan fingerprint density at radius 3 is 2.73 bits per heavy atom. The first kappa shape index (κ1) is 12.5. The Kier molecular flexibility index (Phi) is 5.71. The van der Waals surface area contributed by atoms with Crippen LogP contribution in [0, 0.1) is 23.2 Å². The minimum Gasteiger partial charge on any atom is -0.313 e. The van der Waals surface area contributed by atoms with Gasteiger partial charge in [-0.3, -0.25) is 0 Å². The van der Waals surface area contributed by atoms with Gasteiger partial charge in [0.25, 0.3) is 0 Å². The van der Waals surface area contributed by atoms with E-state index in [9.17, 15) is 0 Å². The van der Waals surface area contributed by atoms with E-state index in [2.05, 4.69) is 25.2 Å². The van der Waals surface area contributed by atoms with E-state index in [4.69, 9.17) is 5.26 Å². The minimum atomic E-state index is 0.262. The quantitative estimate of drug-likeness (QED) is 0.705. The van der Waals surface area contributed by atoms with Crippen LogP contribution in [0.15, 0.2) is 0 Å². The molecule has 1 fully saturated rings. The maximum absolute atomic E-state index is 9.02. The predicted molar refractivity (Wildman–Crippen MR) is 63.4 cm³/mol. The first-order chi connectivity index (χ1) is 7.24. The largest absolute Gasteiger partial charge is 0.313 e. The summed E-state index contributed by atoms with van der Waals surface area (Å²) in [5, 5.41) is 12.6. The van der Waals surface area contributed by atoms with Gasteiger partial charge in [0.2, 0.25) is 0 Å². The first-order valence-corrected chi connectivity index (χ1v) is 6.37. The summed E-state index contributed by atoms with van der Waals surface area (Å²) in [5.74, 6) is 1.06. The summed E-state index contributed by atoms with van der Waals surface area (Å²) in [6, 6.07) is 2.91. The topological polar surface area (TPSA) is 35.8 Å². The van der Waals surface area contributed by atoms with E-state index in [1.54, 1.807) is 0 Å². The third-order valence-electron chi connectivity index (χ3n) is 3.30. The molecule has 0 radical (unpaired) electrons. The molecule has 15 heavy (non-hydrogen) atoms. The van der Waals surface area contributed by atoms with Crippen LogP contribution < -0.4 is 5.32 Å². The van der Waals surface area contributed by atoms with Crippen LogP contribution in [-0.2, 0) is 0 Å². The van der Waals surface area contributed by atoms with Crippen molar-refractivity contribution < 1.29 is 0 Å². The first-order valence-electron chi connectivity index (χ1n) is 6.37. The molecule has 0 spiro atoms. The maximum Gasteiger partial charge on any atom is 0.0672 e. The lowest BCUT2D eigenvalue weighted by Crippen LogP contribution is -2.38. The highest BCUT2D eigenvalue weighted by molar-refractivity contribution is 4.94. The molecule has 2 atom stereocenters. The zero-order valence-corrected chi connectivity index (χ0v) is 10.1. The molecule has 1 saturated carbocycles. The number of nitriles is 1. The molecular weight excluding hydrogens is 184 g/mol. The van der Waals surface area contributed by atoms with Crippen molar-refractivity contribution in [1.29, 1.82) is 5.26 Å². The van der Waals surface area contributed by atoms with Gasteiger partial charge in [-0.1, -0.05) is 26.7 Å². The molecule has 2 nitrogen and oxygen atoms in total. The molecule has 1 rings (SSSR count). The van der Waals surface area contributed by atoms with Gasteiger partial charge in [-0.2, -0.15) is 5.26 Å². The highest BCUT2D eigenvalue weighted by Crippen LogP contribution is 2.23. The molecule has 2 unspecified atom stereocenters. The fraction of sp³-hybridized carbons (Fsp3) is 0.923. The Bertz CT molecular complexity index is 205. The van der Waals surface area contributed by atoms with Crippen molar-refractivity contribution in [1.82, 2.24) is 5.32 Å². The standard InChI is InChI=1S/C13H24N2/c1-11(2)6-5-9-15-13-8-4-3-7-12(13)10-14/h11-13,15H,3-9H2,1-2H3. The van der Waals surface area contributed by atoms with Crippen molar-refractivity contribution in [3.63, 3.8) is 0 Å². The lowest BCUT2D eigenvalue weighted by Gasteiger charge is -2.27. The number of nitrogens with zero attached hydrogens (tertiary/aromatic N) is 1. The Hall–Kier alpha value is -0.550. The highest BCUT2D eigenvalue weighted by atomic mass is 14.9. The molecule has 0 saturated heterocycles. The van der Waals surface area contributed by atoms with Gasteiger partial charge in [0, 0.05) is 6.04 Å². The molecule has 1 aliphatic rings. The zero-order chi connectivity index (χ0) is 11.1. The van der Waals surface area contributed by atoms with E-state index < -0.39 is 0 Å². The molecule has 0 bridgehead atoms. The van der Waals surface area contributed by atoms with E-state index in [1.807, 2.05) is 0 Å². The van der Waals surface area contributed by atoms with Gasteiger partial charge in [-0.15, -0.1) is 0 Å². The van der Waals surface area contributed by atoms with Crippen molar-refractivity contribution in [2.24, 2.45) is 11.8 Å². The fourth-order valence-electron chi connectivity index (χ4n) is 2.33. The third kappa shape index (κ3) is 4.66. The summed E-state index contributed by atoms with van der Waals surface area (Å²) in [6.45, 7) is 5.61. The molecular formula is C13H24N2. The van der Waals surface area contributed by atoms with Gasteiger partial charge in [-0.25, -0.2) is 0 Å². The Morgan fingerprint density at radius 1 is 1.33 bits per heavy atom. The van der Waals surface area contributed by atoms with Gasteiger partial charge in [-0.05, 0) is 38.1 Å². The summed E-state index contributed by atoms with van der Waals surface area (Å²) in [5.41, 5.74) is 0. The molecule has 1 aliphatic carbocycles. The highest BCUT2D eigenvalue weighted by Gasteiger charge is 2.23. The molecule has 0 amide bonds. The molecule has 0 heterocycles. The third-order valence-corrected chi connectivity index (χ3v) is 3.30. The SMILES string of the molecule is CC(C)CCCNC1CCCCC1C#N. The average Bonchev–Trinajstić information content (AvgIpc) is 2.24. The second-order valence-electron chi connectivity index (χ2n) is 5.12. The monoisotopic (exact) mass is 208 g/mol.